The molecule has 0 bridgehead atoms. The maximum Gasteiger partial charge on any atom is 0.259 e. The van der Waals surface area contributed by atoms with E-state index in [1.807, 2.05) is 23.1 Å². The number of fused-ring (bicyclic) bond motifs is 1. The van der Waals surface area contributed by atoms with Crippen LogP contribution in [0.5, 0.6) is 5.75 Å². The Labute approximate surface area is 149 Å². The fourth-order valence-corrected chi connectivity index (χ4v) is 3.80. The van der Waals surface area contributed by atoms with Gasteiger partial charge in [0.1, 0.15) is 5.75 Å². The van der Waals surface area contributed by atoms with E-state index in [1.54, 1.807) is 0 Å². The lowest BCUT2D eigenvalue weighted by molar-refractivity contribution is 0.0996. The average Bonchev–Trinajstić information content (AvgIpc) is 3.24. The number of hydrogen-bond donors (Lipinski definition) is 0. The van der Waals surface area contributed by atoms with Crippen molar-refractivity contribution >= 4 is 11.6 Å². The van der Waals surface area contributed by atoms with E-state index in [0.717, 1.165) is 35.4 Å². The third-order valence-electron chi connectivity index (χ3n) is 5.36. The fourth-order valence-electron chi connectivity index (χ4n) is 3.80. The van der Waals surface area contributed by atoms with Gasteiger partial charge in [0, 0.05) is 11.3 Å². The largest absolute Gasteiger partial charge is 0.490 e. The molecule has 0 spiro atoms. The number of ether oxygens (including phenoxy) is 1. The highest BCUT2D eigenvalue weighted by atomic mass is 16.5. The van der Waals surface area contributed by atoms with Gasteiger partial charge in [-0.2, -0.15) is 0 Å². The summed E-state index contributed by atoms with van der Waals surface area (Å²) in [7, 11) is 0. The van der Waals surface area contributed by atoms with Gasteiger partial charge in [-0.15, -0.1) is 0 Å². The zero-order chi connectivity index (χ0) is 17.4. The van der Waals surface area contributed by atoms with Gasteiger partial charge in [-0.3, -0.25) is 4.79 Å². The second kappa shape index (κ2) is 6.55. The highest BCUT2D eigenvalue weighted by Gasteiger charge is 2.29. The molecule has 1 fully saturated rings. The fraction of sp³-hybridized carbons (Fsp3) is 0.409. The Morgan fingerprint density at radius 2 is 1.76 bits per heavy atom. The first-order chi connectivity index (χ1) is 12.1. The standard InChI is InChI=1S/C22H25NO2/c1-15(2)16-7-10-18(11-8-16)23-14-17-9-12-20(13-21(17)22(23)24)25-19-5-3-4-6-19/h7-13,15,19H,3-6,14H2,1-2H3. The van der Waals surface area contributed by atoms with Crippen LogP contribution in [-0.2, 0) is 6.54 Å². The molecule has 4 rings (SSSR count). The van der Waals surface area contributed by atoms with E-state index in [9.17, 15) is 4.79 Å². The van der Waals surface area contributed by atoms with Crippen LogP contribution in [-0.4, -0.2) is 12.0 Å². The van der Waals surface area contributed by atoms with Gasteiger partial charge in [-0.25, -0.2) is 0 Å². The minimum atomic E-state index is 0.0733. The highest BCUT2D eigenvalue weighted by Crippen LogP contribution is 2.32. The molecule has 0 radical (unpaired) electrons. The second-order valence-corrected chi connectivity index (χ2v) is 7.48. The van der Waals surface area contributed by atoms with Gasteiger partial charge in [0.25, 0.3) is 5.91 Å². The Morgan fingerprint density at radius 1 is 1.04 bits per heavy atom. The molecule has 0 unspecified atom stereocenters. The van der Waals surface area contributed by atoms with E-state index in [1.165, 1.54) is 18.4 Å². The van der Waals surface area contributed by atoms with Crippen molar-refractivity contribution in [3.8, 4) is 5.75 Å². The number of anilines is 1. The Morgan fingerprint density at radius 3 is 2.44 bits per heavy atom. The maximum atomic E-state index is 12.9. The number of amides is 1. The highest BCUT2D eigenvalue weighted by molar-refractivity contribution is 6.10. The van der Waals surface area contributed by atoms with Crippen LogP contribution >= 0.6 is 0 Å². The summed E-state index contributed by atoms with van der Waals surface area (Å²) in [6, 6.07) is 14.3. The van der Waals surface area contributed by atoms with Gasteiger partial charge in [0.2, 0.25) is 0 Å². The van der Waals surface area contributed by atoms with Crippen LogP contribution in [0.2, 0.25) is 0 Å². The zero-order valence-corrected chi connectivity index (χ0v) is 15.0. The smallest absolute Gasteiger partial charge is 0.259 e. The summed E-state index contributed by atoms with van der Waals surface area (Å²) >= 11 is 0. The molecule has 2 aliphatic rings. The summed E-state index contributed by atoms with van der Waals surface area (Å²) in [6.07, 6.45) is 5.05. The molecular formula is C22H25NO2. The normalized spacial score (nSPS) is 17.4. The molecule has 0 saturated heterocycles. The average molecular weight is 335 g/mol. The number of carbonyl (C=O) groups excluding carboxylic acids is 1. The van der Waals surface area contributed by atoms with Crippen LogP contribution in [0.3, 0.4) is 0 Å². The van der Waals surface area contributed by atoms with Crippen LogP contribution in [0.15, 0.2) is 42.5 Å². The van der Waals surface area contributed by atoms with Crippen molar-refractivity contribution in [2.45, 2.75) is 58.1 Å². The molecule has 0 aromatic heterocycles. The molecule has 1 saturated carbocycles. The summed E-state index contributed by atoms with van der Waals surface area (Å²) in [5.41, 5.74) is 4.11. The Balaban J connectivity index is 1.54. The molecule has 1 aliphatic heterocycles. The lowest BCUT2D eigenvalue weighted by Crippen LogP contribution is -2.22. The predicted octanol–water partition coefficient (Wildman–Crippen LogP) is 5.29. The number of benzene rings is 2. The van der Waals surface area contributed by atoms with Gasteiger partial charge in [0.05, 0.1) is 12.6 Å². The third-order valence-corrected chi connectivity index (χ3v) is 5.36. The molecule has 3 heteroatoms. The molecule has 2 aromatic rings. The third kappa shape index (κ3) is 3.15. The van der Waals surface area contributed by atoms with Crippen LogP contribution < -0.4 is 9.64 Å². The first kappa shape index (κ1) is 16.2. The first-order valence-electron chi connectivity index (χ1n) is 9.33. The van der Waals surface area contributed by atoms with Gasteiger partial charge in [-0.05, 0) is 67.0 Å². The van der Waals surface area contributed by atoms with Crippen LogP contribution in [0.4, 0.5) is 5.69 Å². The summed E-state index contributed by atoms with van der Waals surface area (Å²) in [4.78, 5) is 14.7. The quantitative estimate of drug-likeness (QED) is 0.759. The number of carbonyl (C=O) groups is 1. The van der Waals surface area contributed by atoms with Crippen molar-refractivity contribution < 1.29 is 9.53 Å². The van der Waals surface area contributed by atoms with Gasteiger partial charge < -0.3 is 9.64 Å². The summed E-state index contributed by atoms with van der Waals surface area (Å²) in [5, 5.41) is 0. The van der Waals surface area contributed by atoms with Crippen LogP contribution in [0.1, 0.15) is 66.9 Å². The van der Waals surface area contributed by atoms with E-state index in [4.69, 9.17) is 4.74 Å². The minimum absolute atomic E-state index is 0.0733. The van der Waals surface area contributed by atoms with E-state index in [2.05, 4.69) is 38.1 Å². The lowest BCUT2D eigenvalue weighted by atomic mass is 10.0. The Hall–Kier alpha value is -2.29. The topological polar surface area (TPSA) is 29.5 Å². The minimum Gasteiger partial charge on any atom is -0.490 e. The van der Waals surface area contributed by atoms with E-state index in [0.29, 0.717) is 18.6 Å². The number of hydrogen-bond acceptors (Lipinski definition) is 2. The van der Waals surface area contributed by atoms with Crippen LogP contribution in [0.25, 0.3) is 0 Å². The molecule has 2 aromatic carbocycles. The lowest BCUT2D eigenvalue weighted by Gasteiger charge is -2.16. The van der Waals surface area contributed by atoms with Crippen molar-refractivity contribution in [2.75, 3.05) is 4.90 Å². The van der Waals surface area contributed by atoms with Gasteiger partial charge >= 0.3 is 0 Å². The summed E-state index contributed by atoms with van der Waals surface area (Å²) < 4.78 is 6.06. The molecule has 1 amide bonds. The predicted molar refractivity (Wildman–Crippen MR) is 100 cm³/mol. The molecule has 25 heavy (non-hydrogen) atoms. The molecule has 3 nitrogen and oxygen atoms in total. The van der Waals surface area contributed by atoms with Crippen molar-refractivity contribution in [3.05, 3.63) is 59.2 Å². The first-order valence-corrected chi connectivity index (χ1v) is 9.33. The van der Waals surface area contributed by atoms with Gasteiger partial charge in [0.15, 0.2) is 0 Å². The molecular weight excluding hydrogens is 310 g/mol. The summed E-state index contributed by atoms with van der Waals surface area (Å²) in [5.74, 6) is 1.40. The van der Waals surface area contributed by atoms with Crippen LogP contribution in [0, 0.1) is 0 Å². The van der Waals surface area contributed by atoms with Gasteiger partial charge in [-0.1, -0.05) is 32.0 Å². The Kier molecular flexibility index (Phi) is 4.24. The Bertz CT molecular complexity index is 773. The number of rotatable bonds is 4. The molecule has 130 valence electrons. The number of nitrogens with zero attached hydrogens (tertiary/aromatic N) is 1. The van der Waals surface area contributed by atoms with Crippen molar-refractivity contribution in [3.63, 3.8) is 0 Å². The monoisotopic (exact) mass is 335 g/mol. The molecule has 1 aliphatic carbocycles. The van der Waals surface area contributed by atoms with Crippen molar-refractivity contribution in [1.82, 2.24) is 0 Å². The maximum absolute atomic E-state index is 12.9. The SMILES string of the molecule is CC(C)c1ccc(N2Cc3ccc(OC4CCCC4)cc3C2=O)cc1. The van der Waals surface area contributed by atoms with E-state index < -0.39 is 0 Å². The molecule has 0 N–H and O–H groups in total. The molecule has 0 atom stereocenters. The van der Waals surface area contributed by atoms with E-state index >= 15 is 0 Å². The molecule has 1 heterocycles. The van der Waals surface area contributed by atoms with Crippen molar-refractivity contribution in [1.29, 1.82) is 0 Å². The zero-order valence-electron chi connectivity index (χ0n) is 15.0. The van der Waals surface area contributed by atoms with Crippen molar-refractivity contribution in [2.24, 2.45) is 0 Å². The van der Waals surface area contributed by atoms with E-state index in [-0.39, 0.29) is 5.91 Å². The second-order valence-electron chi connectivity index (χ2n) is 7.48. The summed E-state index contributed by atoms with van der Waals surface area (Å²) in [6.45, 7) is 4.99.